The van der Waals surface area contributed by atoms with E-state index >= 15 is 0 Å². The highest BCUT2D eigenvalue weighted by Crippen LogP contribution is 2.49. The van der Waals surface area contributed by atoms with Crippen LogP contribution < -0.4 is 5.32 Å². The zero-order valence-electron chi connectivity index (χ0n) is 8.49. The molecular weight excluding hydrogens is 162 g/mol. The molecule has 1 N–H and O–H groups in total. The lowest BCUT2D eigenvalue weighted by atomic mass is 9.58. The minimum atomic E-state index is 0.503. The van der Waals surface area contributed by atoms with Crippen molar-refractivity contribution in [3.8, 4) is 0 Å². The molecule has 2 aliphatic heterocycles. The molecule has 13 heavy (non-hydrogen) atoms. The van der Waals surface area contributed by atoms with Crippen LogP contribution in [-0.2, 0) is 4.74 Å². The zero-order chi connectivity index (χ0) is 9.00. The fourth-order valence-corrected chi connectivity index (χ4v) is 4.01. The molecule has 2 saturated heterocycles. The largest absolute Gasteiger partial charge is 0.380 e. The van der Waals surface area contributed by atoms with Crippen LogP contribution in [0.5, 0.6) is 0 Å². The van der Waals surface area contributed by atoms with Crippen molar-refractivity contribution < 1.29 is 4.74 Å². The van der Waals surface area contributed by atoms with Gasteiger partial charge in [-0.15, -0.1) is 0 Å². The van der Waals surface area contributed by atoms with Crippen LogP contribution in [0.4, 0.5) is 0 Å². The Bertz CT molecular complexity index is 218. The first-order chi connectivity index (χ1) is 6.29. The van der Waals surface area contributed by atoms with Crippen molar-refractivity contribution in [3.05, 3.63) is 0 Å². The first-order valence-electron chi connectivity index (χ1n) is 5.58. The maximum atomic E-state index is 5.63. The zero-order valence-corrected chi connectivity index (χ0v) is 8.49. The number of hydrogen-bond acceptors (Lipinski definition) is 2. The second kappa shape index (κ2) is 2.71. The molecule has 4 rings (SSSR count). The van der Waals surface area contributed by atoms with Crippen LogP contribution in [0, 0.1) is 17.8 Å². The summed E-state index contributed by atoms with van der Waals surface area (Å²) in [6, 6.07) is 1.49. The summed E-state index contributed by atoms with van der Waals surface area (Å²) >= 11 is 0. The minimum absolute atomic E-state index is 0.503. The van der Waals surface area contributed by atoms with Crippen molar-refractivity contribution in [2.24, 2.45) is 17.8 Å². The second-order valence-corrected chi connectivity index (χ2v) is 5.16. The maximum Gasteiger partial charge on any atom is 0.0755 e. The van der Waals surface area contributed by atoms with Crippen LogP contribution in [0.1, 0.15) is 26.2 Å². The minimum Gasteiger partial charge on any atom is -0.380 e. The molecule has 2 nitrogen and oxygen atoms in total. The first-order valence-corrected chi connectivity index (χ1v) is 5.58. The summed E-state index contributed by atoms with van der Waals surface area (Å²) in [5, 5.41) is 3.71. The molecule has 2 heteroatoms. The van der Waals surface area contributed by atoms with Crippen molar-refractivity contribution in [1.29, 1.82) is 0 Å². The van der Waals surface area contributed by atoms with Crippen LogP contribution in [-0.4, -0.2) is 25.3 Å². The fourth-order valence-electron chi connectivity index (χ4n) is 4.01. The summed E-state index contributed by atoms with van der Waals surface area (Å²) in [6.07, 6.45) is 4.63. The number of methoxy groups -OCH3 is 1. The molecule has 2 heterocycles. The van der Waals surface area contributed by atoms with Crippen LogP contribution >= 0.6 is 0 Å². The standard InChI is InChI=1S/C11H19NO/c1-6-7-3-8-5-9(6)11(13-2)10(4-7)12-8/h6-12H,3-5H2,1-2H3. The summed E-state index contributed by atoms with van der Waals surface area (Å²) in [4.78, 5) is 0. The van der Waals surface area contributed by atoms with Crippen molar-refractivity contribution in [1.82, 2.24) is 5.32 Å². The number of rotatable bonds is 1. The number of hydrogen-bond donors (Lipinski definition) is 1. The third kappa shape index (κ3) is 1.02. The van der Waals surface area contributed by atoms with Gasteiger partial charge in [-0.3, -0.25) is 0 Å². The molecule has 0 amide bonds. The van der Waals surface area contributed by atoms with Crippen molar-refractivity contribution >= 4 is 0 Å². The molecule has 2 saturated carbocycles. The van der Waals surface area contributed by atoms with Crippen molar-refractivity contribution in [3.63, 3.8) is 0 Å². The van der Waals surface area contributed by atoms with Gasteiger partial charge >= 0.3 is 0 Å². The van der Waals surface area contributed by atoms with E-state index in [-0.39, 0.29) is 0 Å². The monoisotopic (exact) mass is 181 g/mol. The lowest BCUT2D eigenvalue weighted by Crippen LogP contribution is -2.66. The van der Waals surface area contributed by atoms with Crippen LogP contribution in [0.2, 0.25) is 0 Å². The molecule has 2 aliphatic carbocycles. The molecule has 0 aromatic heterocycles. The molecule has 6 atom stereocenters. The van der Waals surface area contributed by atoms with E-state index in [9.17, 15) is 0 Å². The molecule has 6 unspecified atom stereocenters. The van der Waals surface area contributed by atoms with Gasteiger partial charge in [-0.05, 0) is 37.0 Å². The van der Waals surface area contributed by atoms with Gasteiger partial charge in [0, 0.05) is 19.2 Å². The Morgan fingerprint density at radius 1 is 1.23 bits per heavy atom. The lowest BCUT2D eigenvalue weighted by Gasteiger charge is -2.57. The third-order valence-corrected chi connectivity index (χ3v) is 4.66. The van der Waals surface area contributed by atoms with Gasteiger partial charge in [-0.25, -0.2) is 0 Å². The molecule has 4 aliphatic rings. The number of piperidine rings is 2. The molecule has 74 valence electrons. The normalized spacial score (nSPS) is 58.6. The van der Waals surface area contributed by atoms with E-state index in [1.54, 1.807) is 0 Å². The highest BCUT2D eigenvalue weighted by atomic mass is 16.5. The van der Waals surface area contributed by atoms with Crippen LogP contribution in [0.15, 0.2) is 0 Å². The summed E-state index contributed by atoms with van der Waals surface area (Å²) in [5.41, 5.74) is 0. The highest BCUT2D eigenvalue weighted by Gasteiger charge is 2.51. The quantitative estimate of drug-likeness (QED) is 0.660. The molecule has 0 aromatic rings. The smallest absolute Gasteiger partial charge is 0.0755 e. The average Bonchev–Trinajstić information content (AvgIpc) is 2.13. The summed E-state index contributed by atoms with van der Waals surface area (Å²) in [5.74, 6) is 2.73. The van der Waals surface area contributed by atoms with Gasteiger partial charge in [0.2, 0.25) is 0 Å². The van der Waals surface area contributed by atoms with Gasteiger partial charge in [-0.1, -0.05) is 6.92 Å². The molecule has 0 aromatic carbocycles. The summed E-state index contributed by atoms with van der Waals surface area (Å²) in [6.45, 7) is 2.43. The van der Waals surface area contributed by atoms with Crippen LogP contribution in [0.25, 0.3) is 0 Å². The van der Waals surface area contributed by atoms with Gasteiger partial charge in [0.25, 0.3) is 0 Å². The highest BCUT2D eigenvalue weighted by molar-refractivity contribution is 5.06. The topological polar surface area (TPSA) is 21.3 Å². The van der Waals surface area contributed by atoms with Crippen molar-refractivity contribution in [2.45, 2.75) is 44.4 Å². The van der Waals surface area contributed by atoms with E-state index < -0.39 is 0 Å². The fraction of sp³-hybridized carbons (Fsp3) is 1.00. The summed E-state index contributed by atoms with van der Waals surface area (Å²) < 4.78 is 5.63. The van der Waals surface area contributed by atoms with Crippen LogP contribution in [0.3, 0.4) is 0 Å². The Morgan fingerprint density at radius 2 is 2.08 bits per heavy atom. The van der Waals surface area contributed by atoms with Gasteiger partial charge < -0.3 is 10.1 Å². The van der Waals surface area contributed by atoms with Gasteiger partial charge in [0.15, 0.2) is 0 Å². The Kier molecular flexibility index (Phi) is 1.72. The van der Waals surface area contributed by atoms with E-state index in [0.29, 0.717) is 12.1 Å². The molecule has 4 fully saturated rings. The van der Waals surface area contributed by atoms with E-state index in [2.05, 4.69) is 12.2 Å². The van der Waals surface area contributed by atoms with E-state index in [1.165, 1.54) is 19.3 Å². The van der Waals surface area contributed by atoms with Gasteiger partial charge in [-0.2, -0.15) is 0 Å². The summed E-state index contributed by atoms with van der Waals surface area (Å²) in [7, 11) is 1.88. The van der Waals surface area contributed by atoms with Crippen molar-refractivity contribution in [2.75, 3.05) is 7.11 Å². The Hall–Kier alpha value is -0.0800. The number of ether oxygens (including phenoxy) is 1. The van der Waals surface area contributed by atoms with Gasteiger partial charge in [0.1, 0.15) is 0 Å². The Labute approximate surface area is 80.0 Å². The lowest BCUT2D eigenvalue weighted by molar-refractivity contribution is -0.110. The van der Waals surface area contributed by atoms with Gasteiger partial charge in [0.05, 0.1) is 6.10 Å². The molecule has 0 spiro atoms. The van der Waals surface area contributed by atoms with E-state index in [0.717, 1.165) is 23.8 Å². The third-order valence-electron chi connectivity index (χ3n) is 4.66. The Balaban J connectivity index is 1.89. The number of nitrogens with one attached hydrogen (secondary N) is 1. The maximum absolute atomic E-state index is 5.63. The molecule has 4 bridgehead atoms. The molecule has 0 radical (unpaired) electrons. The average molecular weight is 181 g/mol. The predicted molar refractivity (Wildman–Crippen MR) is 51.5 cm³/mol. The van der Waals surface area contributed by atoms with E-state index in [1.807, 2.05) is 7.11 Å². The molecular formula is C11H19NO. The SMILES string of the molecule is COC1C2CC3CC(CC1C3C)N2. The second-order valence-electron chi connectivity index (χ2n) is 5.16. The predicted octanol–water partition coefficient (Wildman–Crippen LogP) is 1.41. The Morgan fingerprint density at radius 3 is 2.85 bits per heavy atom. The first kappa shape index (κ1) is 8.25. The van der Waals surface area contributed by atoms with E-state index in [4.69, 9.17) is 4.74 Å².